The lowest BCUT2D eigenvalue weighted by atomic mass is 9.99. The van der Waals surface area contributed by atoms with Crippen LogP contribution in [-0.4, -0.2) is 22.0 Å². The van der Waals surface area contributed by atoms with Gasteiger partial charge in [0.15, 0.2) is 0 Å². The van der Waals surface area contributed by atoms with Crippen molar-refractivity contribution in [2.24, 2.45) is 0 Å². The lowest BCUT2D eigenvalue weighted by Gasteiger charge is -2.12. The third-order valence-electron chi connectivity index (χ3n) is 4.75. The number of carbonyl (C=O) groups excluding carboxylic acids is 1. The van der Waals surface area contributed by atoms with E-state index >= 15 is 0 Å². The molecule has 30 heavy (non-hydrogen) atoms. The highest BCUT2D eigenvalue weighted by Gasteiger charge is 2.16. The molecule has 1 N–H and O–H groups in total. The predicted octanol–water partition coefficient (Wildman–Crippen LogP) is 6.28. The second-order valence-corrected chi connectivity index (χ2v) is 8.39. The normalized spacial score (nSPS) is 11.1. The number of nitrogens with one attached hydrogen (secondary N) is 1. The van der Waals surface area contributed by atoms with Crippen LogP contribution in [0.3, 0.4) is 0 Å². The van der Waals surface area contributed by atoms with Gasteiger partial charge >= 0.3 is 5.97 Å². The summed E-state index contributed by atoms with van der Waals surface area (Å²) in [4.78, 5) is 22.1. The van der Waals surface area contributed by atoms with Crippen LogP contribution in [-0.2, 0) is 4.74 Å². The average Bonchev–Trinajstić information content (AvgIpc) is 3.13. The molecule has 2 heterocycles. The van der Waals surface area contributed by atoms with E-state index in [1.165, 1.54) is 16.7 Å². The highest BCUT2D eigenvalue weighted by atomic mass is 32.1. The van der Waals surface area contributed by atoms with E-state index in [0.29, 0.717) is 11.4 Å². The SMILES string of the molecule is Cc1ccc(-c2csc3ncnc(Nc4cccc(C(=O)OC(C)C)c4)c23)c(C)c1. The van der Waals surface area contributed by atoms with Crippen molar-refractivity contribution in [3.05, 3.63) is 70.9 Å². The predicted molar refractivity (Wildman–Crippen MR) is 123 cm³/mol. The Morgan fingerprint density at radius 1 is 1.07 bits per heavy atom. The molecule has 152 valence electrons. The second-order valence-electron chi connectivity index (χ2n) is 7.53. The highest BCUT2D eigenvalue weighted by molar-refractivity contribution is 7.17. The molecule has 4 rings (SSSR count). The van der Waals surface area contributed by atoms with Crippen molar-refractivity contribution in [2.45, 2.75) is 33.8 Å². The summed E-state index contributed by atoms with van der Waals surface area (Å²) in [7, 11) is 0. The summed E-state index contributed by atoms with van der Waals surface area (Å²) in [6, 6.07) is 13.7. The fourth-order valence-corrected chi connectivity index (χ4v) is 4.33. The molecule has 0 aliphatic carbocycles. The van der Waals surface area contributed by atoms with Crippen LogP contribution in [0.4, 0.5) is 11.5 Å². The van der Waals surface area contributed by atoms with Gasteiger partial charge in [-0.05, 0) is 57.0 Å². The molecule has 0 amide bonds. The molecule has 0 saturated heterocycles. The Hall–Kier alpha value is -3.25. The Labute approximate surface area is 179 Å². The van der Waals surface area contributed by atoms with E-state index < -0.39 is 0 Å². The van der Waals surface area contributed by atoms with E-state index in [2.05, 4.69) is 52.7 Å². The number of nitrogens with zero attached hydrogens (tertiary/aromatic N) is 2. The van der Waals surface area contributed by atoms with Gasteiger partial charge in [-0.2, -0.15) is 0 Å². The number of rotatable bonds is 5. The number of aromatic nitrogens is 2. The number of anilines is 2. The Morgan fingerprint density at radius 2 is 1.90 bits per heavy atom. The zero-order valence-corrected chi connectivity index (χ0v) is 18.2. The number of hydrogen-bond donors (Lipinski definition) is 1. The van der Waals surface area contributed by atoms with E-state index in [4.69, 9.17) is 4.74 Å². The van der Waals surface area contributed by atoms with Gasteiger partial charge in [0.25, 0.3) is 0 Å². The van der Waals surface area contributed by atoms with E-state index in [0.717, 1.165) is 21.5 Å². The smallest absolute Gasteiger partial charge is 0.338 e. The molecule has 0 radical (unpaired) electrons. The molecule has 0 atom stereocenters. The van der Waals surface area contributed by atoms with Gasteiger partial charge < -0.3 is 10.1 Å². The summed E-state index contributed by atoms with van der Waals surface area (Å²) < 4.78 is 5.31. The maximum atomic E-state index is 12.3. The van der Waals surface area contributed by atoms with Crippen molar-refractivity contribution < 1.29 is 9.53 Å². The van der Waals surface area contributed by atoms with E-state index in [-0.39, 0.29) is 12.1 Å². The molecule has 0 spiro atoms. The van der Waals surface area contributed by atoms with Gasteiger partial charge in [-0.15, -0.1) is 11.3 Å². The van der Waals surface area contributed by atoms with Gasteiger partial charge in [-0.1, -0.05) is 29.8 Å². The Kier molecular flexibility index (Phi) is 5.50. The van der Waals surface area contributed by atoms with Gasteiger partial charge in [0.2, 0.25) is 0 Å². The molecule has 0 unspecified atom stereocenters. The van der Waals surface area contributed by atoms with Gasteiger partial charge in [0.1, 0.15) is 17.0 Å². The van der Waals surface area contributed by atoms with Crippen LogP contribution in [0.5, 0.6) is 0 Å². The van der Waals surface area contributed by atoms with Gasteiger partial charge in [-0.3, -0.25) is 0 Å². The molecule has 5 nitrogen and oxygen atoms in total. The summed E-state index contributed by atoms with van der Waals surface area (Å²) in [5.41, 5.74) is 5.98. The summed E-state index contributed by atoms with van der Waals surface area (Å²) in [6.45, 7) is 7.88. The minimum Gasteiger partial charge on any atom is -0.459 e. The number of benzene rings is 2. The average molecular weight is 418 g/mol. The fraction of sp³-hybridized carbons (Fsp3) is 0.208. The van der Waals surface area contributed by atoms with Crippen molar-refractivity contribution in [1.82, 2.24) is 9.97 Å². The number of fused-ring (bicyclic) bond motifs is 1. The number of aryl methyl sites for hydroxylation is 2. The zero-order valence-electron chi connectivity index (χ0n) is 17.4. The van der Waals surface area contributed by atoms with Crippen LogP contribution in [0.15, 0.2) is 54.2 Å². The molecule has 2 aromatic carbocycles. The molecule has 6 heteroatoms. The molecule has 0 aliphatic heterocycles. The number of hydrogen-bond acceptors (Lipinski definition) is 6. The zero-order chi connectivity index (χ0) is 21.3. The molecule has 0 bridgehead atoms. The monoisotopic (exact) mass is 417 g/mol. The van der Waals surface area contributed by atoms with Crippen LogP contribution in [0, 0.1) is 13.8 Å². The summed E-state index contributed by atoms with van der Waals surface area (Å²) in [5.74, 6) is 0.374. The van der Waals surface area contributed by atoms with Crippen molar-refractivity contribution in [3.8, 4) is 11.1 Å². The molecular weight excluding hydrogens is 394 g/mol. The summed E-state index contributed by atoms with van der Waals surface area (Å²) >= 11 is 1.60. The van der Waals surface area contributed by atoms with Gasteiger partial charge in [0.05, 0.1) is 17.1 Å². The first-order chi connectivity index (χ1) is 14.4. The number of ether oxygens (including phenoxy) is 1. The topological polar surface area (TPSA) is 64.1 Å². The Balaban J connectivity index is 1.74. The standard InChI is InChI=1S/C24H23N3O2S/c1-14(2)29-24(28)17-6-5-7-18(11-17)27-22-21-20(12-30-23(21)26-13-25-22)19-9-8-15(3)10-16(19)4/h5-14H,1-4H3,(H,25,26,27). The summed E-state index contributed by atoms with van der Waals surface area (Å²) in [5, 5.41) is 6.47. The summed E-state index contributed by atoms with van der Waals surface area (Å²) in [6.07, 6.45) is 1.39. The van der Waals surface area contributed by atoms with Crippen LogP contribution in [0.1, 0.15) is 35.3 Å². The van der Waals surface area contributed by atoms with Crippen LogP contribution >= 0.6 is 11.3 Å². The first kappa shape index (κ1) is 20.0. The van der Waals surface area contributed by atoms with Crippen LogP contribution < -0.4 is 5.32 Å². The Bertz CT molecular complexity index is 1230. The first-order valence-corrected chi connectivity index (χ1v) is 10.7. The largest absolute Gasteiger partial charge is 0.459 e. The lowest BCUT2D eigenvalue weighted by Crippen LogP contribution is -2.11. The van der Waals surface area contributed by atoms with Crippen molar-refractivity contribution in [2.75, 3.05) is 5.32 Å². The minimum atomic E-state index is -0.340. The molecule has 0 aliphatic rings. The quantitative estimate of drug-likeness (QED) is 0.387. The minimum absolute atomic E-state index is 0.165. The number of esters is 1. The molecule has 2 aromatic heterocycles. The third kappa shape index (κ3) is 4.04. The second kappa shape index (κ2) is 8.24. The Morgan fingerprint density at radius 3 is 2.67 bits per heavy atom. The molecule has 0 fully saturated rings. The third-order valence-corrected chi connectivity index (χ3v) is 5.63. The van der Waals surface area contributed by atoms with Crippen molar-refractivity contribution in [3.63, 3.8) is 0 Å². The molecular formula is C24H23N3O2S. The lowest BCUT2D eigenvalue weighted by molar-refractivity contribution is 0.0378. The van der Waals surface area contributed by atoms with E-state index in [1.807, 2.05) is 26.0 Å². The molecule has 0 saturated carbocycles. The highest BCUT2D eigenvalue weighted by Crippen LogP contribution is 2.38. The molecule has 4 aromatic rings. The maximum absolute atomic E-state index is 12.3. The van der Waals surface area contributed by atoms with E-state index in [1.54, 1.807) is 29.8 Å². The number of thiophene rings is 1. The van der Waals surface area contributed by atoms with Crippen molar-refractivity contribution >= 4 is 39.0 Å². The number of carbonyl (C=O) groups is 1. The van der Waals surface area contributed by atoms with Crippen LogP contribution in [0.2, 0.25) is 0 Å². The fourth-order valence-electron chi connectivity index (χ4n) is 3.43. The van der Waals surface area contributed by atoms with Gasteiger partial charge in [-0.25, -0.2) is 14.8 Å². The first-order valence-electron chi connectivity index (χ1n) is 9.80. The van der Waals surface area contributed by atoms with E-state index in [9.17, 15) is 4.79 Å². The van der Waals surface area contributed by atoms with Crippen LogP contribution in [0.25, 0.3) is 21.3 Å². The maximum Gasteiger partial charge on any atom is 0.338 e. The van der Waals surface area contributed by atoms with Crippen molar-refractivity contribution in [1.29, 1.82) is 0 Å². The van der Waals surface area contributed by atoms with Gasteiger partial charge in [0, 0.05) is 16.6 Å².